The van der Waals surface area contributed by atoms with Gasteiger partial charge in [0.1, 0.15) is 5.82 Å². The average Bonchev–Trinajstić information content (AvgIpc) is 2.51. The fourth-order valence-electron chi connectivity index (χ4n) is 1.89. The third-order valence-electron chi connectivity index (χ3n) is 2.96. The first kappa shape index (κ1) is 16.0. The van der Waals surface area contributed by atoms with Gasteiger partial charge in [0.15, 0.2) is 26.4 Å². The minimum atomic E-state index is -3.34. The van der Waals surface area contributed by atoms with Gasteiger partial charge in [-0.25, -0.2) is 8.42 Å². The van der Waals surface area contributed by atoms with E-state index in [0.29, 0.717) is 23.9 Å². The predicted octanol–water partition coefficient (Wildman–Crippen LogP) is 1.51. The highest BCUT2D eigenvalue weighted by Gasteiger charge is 2.11. The lowest BCUT2D eigenvalue weighted by molar-refractivity contribution is 0.352. The number of nitrogens with one attached hydrogen (secondary N) is 1. The van der Waals surface area contributed by atoms with Crippen molar-refractivity contribution in [2.24, 2.45) is 0 Å². The van der Waals surface area contributed by atoms with Gasteiger partial charge < -0.3 is 14.8 Å². The van der Waals surface area contributed by atoms with Gasteiger partial charge in [0.25, 0.3) is 0 Å². The number of para-hydroxylation sites is 1. The van der Waals surface area contributed by atoms with E-state index < -0.39 is 9.84 Å². The molecular formula is C14H17N3O4S. The van der Waals surface area contributed by atoms with Gasteiger partial charge in [0.2, 0.25) is 0 Å². The van der Waals surface area contributed by atoms with Crippen molar-refractivity contribution in [2.75, 3.05) is 25.8 Å². The van der Waals surface area contributed by atoms with Gasteiger partial charge in [-0.3, -0.25) is 0 Å². The second-order valence-corrected chi connectivity index (χ2v) is 6.50. The molecule has 22 heavy (non-hydrogen) atoms. The first-order valence-electron chi connectivity index (χ1n) is 6.43. The molecule has 0 radical (unpaired) electrons. The maximum absolute atomic E-state index is 11.3. The number of methoxy groups -OCH3 is 2. The summed E-state index contributed by atoms with van der Waals surface area (Å²) in [6, 6.07) is 8.54. The zero-order valence-corrected chi connectivity index (χ0v) is 13.3. The average molecular weight is 323 g/mol. The minimum absolute atomic E-state index is 0.0583. The number of rotatable bonds is 6. The molecule has 0 atom stereocenters. The quantitative estimate of drug-likeness (QED) is 0.861. The van der Waals surface area contributed by atoms with Crippen LogP contribution < -0.4 is 14.8 Å². The van der Waals surface area contributed by atoms with Gasteiger partial charge in [-0.15, -0.1) is 10.2 Å². The van der Waals surface area contributed by atoms with Crippen LogP contribution in [0, 0.1) is 0 Å². The molecule has 0 aliphatic heterocycles. The number of nitrogens with zero attached hydrogens (tertiary/aromatic N) is 2. The van der Waals surface area contributed by atoms with E-state index in [-0.39, 0.29) is 5.03 Å². The largest absolute Gasteiger partial charge is 0.493 e. The summed E-state index contributed by atoms with van der Waals surface area (Å²) in [4.78, 5) is 0. The topological polar surface area (TPSA) is 90.4 Å². The van der Waals surface area contributed by atoms with Gasteiger partial charge in [-0.2, -0.15) is 0 Å². The minimum Gasteiger partial charge on any atom is -0.493 e. The summed E-state index contributed by atoms with van der Waals surface area (Å²) < 4.78 is 33.2. The van der Waals surface area contributed by atoms with Crippen LogP contribution in [0.3, 0.4) is 0 Å². The molecule has 2 rings (SSSR count). The van der Waals surface area contributed by atoms with E-state index in [9.17, 15) is 8.42 Å². The fourth-order valence-corrected chi connectivity index (χ4v) is 2.40. The van der Waals surface area contributed by atoms with Crippen molar-refractivity contribution in [1.82, 2.24) is 10.2 Å². The van der Waals surface area contributed by atoms with Crippen LogP contribution in [0.15, 0.2) is 35.4 Å². The van der Waals surface area contributed by atoms with E-state index in [1.807, 2.05) is 18.2 Å². The summed E-state index contributed by atoms with van der Waals surface area (Å²) >= 11 is 0. The highest BCUT2D eigenvalue weighted by Crippen LogP contribution is 2.30. The second-order valence-electron chi connectivity index (χ2n) is 4.54. The standard InChI is InChI=1S/C14H17N3O4S/c1-20-11-6-4-5-10(14(11)21-2)9-15-12-7-8-13(17-16-12)22(3,18)19/h4-8H,9H2,1-3H3,(H,15,16). The number of anilines is 1. The maximum atomic E-state index is 11.3. The predicted molar refractivity (Wildman–Crippen MR) is 82.0 cm³/mol. The van der Waals surface area contributed by atoms with E-state index in [1.54, 1.807) is 20.3 Å². The first-order valence-corrected chi connectivity index (χ1v) is 8.32. The smallest absolute Gasteiger partial charge is 0.194 e. The highest BCUT2D eigenvalue weighted by atomic mass is 32.2. The van der Waals surface area contributed by atoms with Crippen LogP contribution in [0.1, 0.15) is 5.56 Å². The van der Waals surface area contributed by atoms with Crippen LogP contribution in [0.25, 0.3) is 0 Å². The van der Waals surface area contributed by atoms with Crippen LogP contribution >= 0.6 is 0 Å². The van der Waals surface area contributed by atoms with Crippen molar-refractivity contribution >= 4 is 15.7 Å². The van der Waals surface area contributed by atoms with Gasteiger partial charge in [0, 0.05) is 18.4 Å². The van der Waals surface area contributed by atoms with E-state index in [1.165, 1.54) is 6.07 Å². The SMILES string of the molecule is COc1cccc(CNc2ccc(S(C)(=O)=O)nn2)c1OC. The molecule has 1 aromatic carbocycles. The second kappa shape index (κ2) is 6.61. The van der Waals surface area contributed by atoms with Crippen LogP contribution in [-0.2, 0) is 16.4 Å². The lowest BCUT2D eigenvalue weighted by atomic mass is 10.2. The molecule has 0 aliphatic rings. The molecule has 2 aromatic rings. The molecule has 0 amide bonds. The summed E-state index contributed by atoms with van der Waals surface area (Å²) in [7, 11) is -0.199. The molecule has 1 heterocycles. The van der Waals surface area contributed by atoms with E-state index >= 15 is 0 Å². The molecule has 0 bridgehead atoms. The van der Waals surface area contributed by atoms with Crippen molar-refractivity contribution in [3.63, 3.8) is 0 Å². The third kappa shape index (κ3) is 3.64. The molecule has 1 N–H and O–H groups in total. The van der Waals surface area contributed by atoms with E-state index in [2.05, 4.69) is 15.5 Å². The molecule has 0 aliphatic carbocycles. The number of aromatic nitrogens is 2. The van der Waals surface area contributed by atoms with Crippen molar-refractivity contribution < 1.29 is 17.9 Å². The molecule has 0 saturated heterocycles. The molecule has 0 saturated carbocycles. The van der Waals surface area contributed by atoms with Crippen molar-refractivity contribution in [3.8, 4) is 11.5 Å². The van der Waals surface area contributed by atoms with Crippen LogP contribution in [0.5, 0.6) is 11.5 Å². The monoisotopic (exact) mass is 323 g/mol. The van der Waals surface area contributed by atoms with Crippen LogP contribution in [-0.4, -0.2) is 39.1 Å². The Balaban J connectivity index is 2.14. The molecule has 0 unspecified atom stereocenters. The van der Waals surface area contributed by atoms with Gasteiger partial charge >= 0.3 is 0 Å². The molecule has 1 aromatic heterocycles. The molecule has 8 heteroatoms. The summed E-state index contributed by atoms with van der Waals surface area (Å²) in [5, 5.41) is 10.5. The Morgan fingerprint density at radius 1 is 1.09 bits per heavy atom. The number of hydrogen-bond donors (Lipinski definition) is 1. The van der Waals surface area contributed by atoms with Gasteiger partial charge in [-0.1, -0.05) is 12.1 Å². The third-order valence-corrected chi connectivity index (χ3v) is 3.94. The zero-order valence-electron chi connectivity index (χ0n) is 12.5. The summed E-state index contributed by atoms with van der Waals surface area (Å²) in [5.74, 6) is 1.75. The van der Waals surface area contributed by atoms with Gasteiger partial charge in [0.05, 0.1) is 14.2 Å². The van der Waals surface area contributed by atoms with Crippen molar-refractivity contribution in [3.05, 3.63) is 35.9 Å². The Morgan fingerprint density at radius 3 is 2.41 bits per heavy atom. The highest BCUT2D eigenvalue weighted by molar-refractivity contribution is 7.90. The Bertz CT molecular complexity index is 745. The molecule has 0 fully saturated rings. The maximum Gasteiger partial charge on any atom is 0.194 e. The number of hydrogen-bond acceptors (Lipinski definition) is 7. The Labute approximate surface area is 129 Å². The van der Waals surface area contributed by atoms with E-state index in [4.69, 9.17) is 9.47 Å². The summed E-state index contributed by atoms with van der Waals surface area (Å²) in [6.07, 6.45) is 1.09. The summed E-state index contributed by atoms with van der Waals surface area (Å²) in [5.41, 5.74) is 0.885. The number of sulfone groups is 1. The Kier molecular flexibility index (Phi) is 4.81. The van der Waals surface area contributed by atoms with Crippen molar-refractivity contribution in [2.45, 2.75) is 11.6 Å². The molecule has 118 valence electrons. The number of benzene rings is 1. The fraction of sp³-hybridized carbons (Fsp3) is 0.286. The lowest BCUT2D eigenvalue weighted by Gasteiger charge is -2.13. The molecular weight excluding hydrogens is 306 g/mol. The van der Waals surface area contributed by atoms with Crippen LogP contribution in [0.2, 0.25) is 0 Å². The number of ether oxygens (including phenoxy) is 2. The lowest BCUT2D eigenvalue weighted by Crippen LogP contribution is -2.07. The molecule has 0 spiro atoms. The normalized spacial score (nSPS) is 11.0. The Morgan fingerprint density at radius 2 is 1.86 bits per heavy atom. The van der Waals surface area contributed by atoms with E-state index in [0.717, 1.165) is 11.8 Å². The summed E-state index contributed by atoms with van der Waals surface area (Å²) in [6.45, 7) is 0.438. The Hall–Kier alpha value is -2.35. The first-order chi connectivity index (χ1) is 10.5. The van der Waals surface area contributed by atoms with Crippen molar-refractivity contribution in [1.29, 1.82) is 0 Å². The molecule has 7 nitrogen and oxygen atoms in total. The van der Waals surface area contributed by atoms with Gasteiger partial charge in [-0.05, 0) is 18.2 Å². The zero-order chi connectivity index (χ0) is 16.2. The van der Waals surface area contributed by atoms with Crippen LogP contribution in [0.4, 0.5) is 5.82 Å².